The molecule has 20 heavy (non-hydrogen) atoms. The van der Waals surface area contributed by atoms with E-state index in [1.807, 2.05) is 4.90 Å². The molecule has 1 atom stereocenters. The highest BCUT2D eigenvalue weighted by molar-refractivity contribution is 5.68. The normalized spacial score (nSPS) is 30.6. The van der Waals surface area contributed by atoms with Gasteiger partial charge < -0.3 is 19.7 Å². The van der Waals surface area contributed by atoms with E-state index in [0.717, 1.165) is 64.2 Å². The summed E-state index contributed by atoms with van der Waals surface area (Å²) in [5.41, 5.74) is -0.0351. The standard InChI is InChI=1S/C15H26N2O3/c1-12-2-8-17(9-3-12)14(18)20-13-10-15(19-11-13)4-6-16-7-5-15/h12-13,16H,2-11H2,1H3. The Balaban J connectivity index is 1.48. The minimum absolute atomic E-state index is 0.0351. The smallest absolute Gasteiger partial charge is 0.410 e. The zero-order chi connectivity index (χ0) is 14.0. The van der Waals surface area contributed by atoms with Crippen molar-refractivity contribution in [2.24, 2.45) is 5.92 Å². The molecule has 0 bridgehead atoms. The third-order valence-corrected chi connectivity index (χ3v) is 5.00. The van der Waals surface area contributed by atoms with Gasteiger partial charge in [-0.25, -0.2) is 4.79 Å². The van der Waals surface area contributed by atoms with Gasteiger partial charge in [0.1, 0.15) is 6.10 Å². The van der Waals surface area contributed by atoms with Crippen molar-refractivity contribution in [2.75, 3.05) is 32.8 Å². The number of ether oxygens (including phenoxy) is 2. The number of nitrogens with zero attached hydrogens (tertiary/aromatic N) is 1. The third-order valence-electron chi connectivity index (χ3n) is 5.00. The van der Waals surface area contributed by atoms with Crippen LogP contribution in [0.3, 0.4) is 0 Å². The lowest BCUT2D eigenvalue weighted by atomic mass is 9.89. The Morgan fingerprint density at radius 2 is 2.00 bits per heavy atom. The number of hydrogen-bond donors (Lipinski definition) is 1. The van der Waals surface area contributed by atoms with Crippen LogP contribution in [-0.4, -0.2) is 55.5 Å². The van der Waals surface area contributed by atoms with Crippen LogP contribution in [0, 0.1) is 5.92 Å². The monoisotopic (exact) mass is 282 g/mol. The van der Waals surface area contributed by atoms with Crippen LogP contribution in [0.4, 0.5) is 4.79 Å². The summed E-state index contributed by atoms with van der Waals surface area (Å²) in [6.45, 7) is 6.49. The first kappa shape index (κ1) is 14.1. The lowest BCUT2D eigenvalue weighted by Crippen LogP contribution is -2.42. The molecule has 0 aromatic rings. The average molecular weight is 282 g/mol. The van der Waals surface area contributed by atoms with E-state index in [0.29, 0.717) is 6.61 Å². The minimum Gasteiger partial charge on any atom is -0.444 e. The second kappa shape index (κ2) is 5.90. The Morgan fingerprint density at radius 3 is 2.70 bits per heavy atom. The molecule has 5 heteroatoms. The zero-order valence-corrected chi connectivity index (χ0v) is 12.4. The fourth-order valence-corrected chi connectivity index (χ4v) is 3.52. The maximum Gasteiger partial charge on any atom is 0.410 e. The molecule has 1 amide bonds. The molecule has 5 nitrogen and oxygen atoms in total. The van der Waals surface area contributed by atoms with Crippen molar-refractivity contribution in [3.8, 4) is 0 Å². The Labute approximate surface area is 121 Å². The average Bonchev–Trinajstić information content (AvgIpc) is 2.83. The van der Waals surface area contributed by atoms with Crippen LogP contribution in [-0.2, 0) is 9.47 Å². The fraction of sp³-hybridized carbons (Fsp3) is 0.933. The highest BCUT2D eigenvalue weighted by Crippen LogP contribution is 2.35. The van der Waals surface area contributed by atoms with Crippen LogP contribution in [0.5, 0.6) is 0 Å². The molecule has 3 rings (SSSR count). The Morgan fingerprint density at radius 1 is 1.30 bits per heavy atom. The van der Waals surface area contributed by atoms with E-state index in [1.54, 1.807) is 0 Å². The molecular weight excluding hydrogens is 256 g/mol. The highest BCUT2D eigenvalue weighted by Gasteiger charge is 2.43. The quantitative estimate of drug-likeness (QED) is 0.796. The van der Waals surface area contributed by atoms with Gasteiger partial charge in [0.15, 0.2) is 0 Å². The summed E-state index contributed by atoms with van der Waals surface area (Å²) in [7, 11) is 0. The van der Waals surface area contributed by atoms with Gasteiger partial charge in [-0.15, -0.1) is 0 Å². The lowest BCUT2D eigenvalue weighted by Gasteiger charge is -2.33. The van der Waals surface area contributed by atoms with Crippen molar-refractivity contribution in [1.29, 1.82) is 0 Å². The van der Waals surface area contributed by atoms with E-state index in [2.05, 4.69) is 12.2 Å². The van der Waals surface area contributed by atoms with Crippen LogP contribution in [0.25, 0.3) is 0 Å². The number of carbonyl (C=O) groups is 1. The molecule has 0 aliphatic carbocycles. The maximum absolute atomic E-state index is 12.2. The SMILES string of the molecule is CC1CCN(C(=O)OC2COC3(CCNCC3)C2)CC1. The molecule has 1 spiro atoms. The van der Waals surface area contributed by atoms with Gasteiger partial charge in [0, 0.05) is 19.5 Å². The summed E-state index contributed by atoms with van der Waals surface area (Å²) in [4.78, 5) is 14.0. The van der Waals surface area contributed by atoms with Gasteiger partial charge >= 0.3 is 6.09 Å². The lowest BCUT2D eigenvalue weighted by molar-refractivity contribution is -0.0219. The molecule has 1 unspecified atom stereocenters. The molecule has 3 fully saturated rings. The van der Waals surface area contributed by atoms with Crippen LogP contribution >= 0.6 is 0 Å². The topological polar surface area (TPSA) is 50.8 Å². The summed E-state index contributed by atoms with van der Waals surface area (Å²) in [6, 6.07) is 0. The highest BCUT2D eigenvalue weighted by atomic mass is 16.6. The molecule has 0 radical (unpaired) electrons. The number of amides is 1. The summed E-state index contributed by atoms with van der Waals surface area (Å²) in [6.07, 6.45) is 4.91. The van der Waals surface area contributed by atoms with Crippen LogP contribution < -0.4 is 5.32 Å². The van der Waals surface area contributed by atoms with Crippen molar-refractivity contribution in [3.63, 3.8) is 0 Å². The number of hydrogen-bond acceptors (Lipinski definition) is 4. The van der Waals surface area contributed by atoms with Gasteiger partial charge in [-0.1, -0.05) is 6.92 Å². The molecule has 0 aromatic heterocycles. The van der Waals surface area contributed by atoms with E-state index in [9.17, 15) is 4.79 Å². The molecule has 114 valence electrons. The predicted octanol–water partition coefficient (Wildman–Crippen LogP) is 1.77. The second-order valence-electron chi connectivity index (χ2n) is 6.62. The second-order valence-corrected chi connectivity index (χ2v) is 6.62. The van der Waals surface area contributed by atoms with Crippen molar-refractivity contribution in [2.45, 2.75) is 50.7 Å². The number of piperidine rings is 2. The van der Waals surface area contributed by atoms with Gasteiger partial charge in [0.2, 0.25) is 0 Å². The Hall–Kier alpha value is -0.810. The summed E-state index contributed by atoms with van der Waals surface area (Å²) < 4.78 is 11.6. The van der Waals surface area contributed by atoms with Crippen molar-refractivity contribution in [1.82, 2.24) is 10.2 Å². The van der Waals surface area contributed by atoms with E-state index < -0.39 is 0 Å². The molecular formula is C15H26N2O3. The zero-order valence-electron chi connectivity index (χ0n) is 12.4. The van der Waals surface area contributed by atoms with Gasteiger partial charge in [-0.2, -0.15) is 0 Å². The van der Waals surface area contributed by atoms with Gasteiger partial charge in [-0.3, -0.25) is 0 Å². The molecule has 3 saturated heterocycles. The summed E-state index contributed by atoms with van der Waals surface area (Å²) >= 11 is 0. The van der Waals surface area contributed by atoms with E-state index >= 15 is 0 Å². The molecule has 3 aliphatic heterocycles. The summed E-state index contributed by atoms with van der Waals surface area (Å²) in [5, 5.41) is 3.35. The van der Waals surface area contributed by atoms with E-state index in [4.69, 9.17) is 9.47 Å². The third kappa shape index (κ3) is 3.09. The Bertz CT molecular complexity index is 347. The van der Waals surface area contributed by atoms with Crippen LogP contribution in [0.15, 0.2) is 0 Å². The number of carbonyl (C=O) groups excluding carboxylic acids is 1. The van der Waals surface area contributed by atoms with E-state index in [1.165, 1.54) is 0 Å². The molecule has 1 N–H and O–H groups in total. The van der Waals surface area contributed by atoms with Crippen molar-refractivity contribution < 1.29 is 14.3 Å². The fourth-order valence-electron chi connectivity index (χ4n) is 3.52. The van der Waals surface area contributed by atoms with Crippen LogP contribution in [0.1, 0.15) is 39.0 Å². The first-order valence-electron chi connectivity index (χ1n) is 7.97. The first-order chi connectivity index (χ1) is 9.67. The van der Waals surface area contributed by atoms with Gasteiger partial charge in [-0.05, 0) is 44.7 Å². The van der Waals surface area contributed by atoms with Gasteiger partial charge in [0.05, 0.1) is 12.2 Å². The number of likely N-dealkylation sites (tertiary alicyclic amines) is 1. The summed E-state index contributed by atoms with van der Waals surface area (Å²) in [5.74, 6) is 0.729. The van der Waals surface area contributed by atoms with E-state index in [-0.39, 0.29) is 17.8 Å². The minimum atomic E-state index is -0.142. The largest absolute Gasteiger partial charge is 0.444 e. The van der Waals surface area contributed by atoms with Crippen molar-refractivity contribution in [3.05, 3.63) is 0 Å². The molecule has 3 heterocycles. The van der Waals surface area contributed by atoms with Gasteiger partial charge in [0.25, 0.3) is 0 Å². The maximum atomic E-state index is 12.2. The van der Waals surface area contributed by atoms with Crippen LogP contribution in [0.2, 0.25) is 0 Å². The predicted molar refractivity (Wildman–Crippen MR) is 75.6 cm³/mol. The number of nitrogens with one attached hydrogen (secondary N) is 1. The molecule has 3 aliphatic rings. The molecule has 0 saturated carbocycles. The van der Waals surface area contributed by atoms with Crippen molar-refractivity contribution >= 4 is 6.09 Å². The molecule has 0 aromatic carbocycles. The number of rotatable bonds is 1. The first-order valence-corrected chi connectivity index (χ1v) is 7.97. The Kier molecular flexibility index (Phi) is 4.17.